The maximum atomic E-state index is 11.2. The molecule has 0 radical (unpaired) electrons. The van der Waals surface area contributed by atoms with E-state index in [1.165, 1.54) is 0 Å². The van der Waals surface area contributed by atoms with Crippen LogP contribution < -0.4 is 0 Å². The van der Waals surface area contributed by atoms with Crippen LogP contribution in [0.5, 0.6) is 0 Å². The van der Waals surface area contributed by atoms with Gasteiger partial charge in [-0.2, -0.15) is 4.99 Å². The summed E-state index contributed by atoms with van der Waals surface area (Å²) in [5.41, 5.74) is 0.321. The summed E-state index contributed by atoms with van der Waals surface area (Å²) in [6.07, 6.45) is 0. The number of halogens is 2. The molecule has 1 amide bonds. The van der Waals surface area contributed by atoms with Crippen molar-refractivity contribution in [3.05, 3.63) is 33.3 Å². The molecule has 0 saturated carbocycles. The van der Waals surface area contributed by atoms with Gasteiger partial charge in [0.25, 0.3) is 5.91 Å². The van der Waals surface area contributed by atoms with Crippen LogP contribution in [0.2, 0.25) is 5.02 Å². The number of carbonyl (C=O) groups excluding carboxylic acids is 1. The molecule has 0 saturated heterocycles. The van der Waals surface area contributed by atoms with Crippen molar-refractivity contribution in [2.24, 2.45) is 4.99 Å². The van der Waals surface area contributed by atoms with E-state index in [1.54, 1.807) is 18.2 Å². The summed E-state index contributed by atoms with van der Waals surface area (Å²) in [5, 5.41) is 2.34. The quantitative estimate of drug-likeness (QED) is 0.581. The number of thiocarbonyl (C=S) groups is 1. The second kappa shape index (κ2) is 4.63. The molecular formula is C8H3BrClNOS. The predicted octanol–water partition coefficient (Wildman–Crippen LogP) is 3.35. The van der Waals surface area contributed by atoms with Gasteiger partial charge in [-0.05, 0) is 30.4 Å². The third-order valence-corrected chi connectivity index (χ3v) is 2.21. The molecule has 2 nitrogen and oxygen atoms in total. The molecule has 5 heteroatoms. The van der Waals surface area contributed by atoms with Gasteiger partial charge in [-0.15, -0.1) is 0 Å². The molecule has 66 valence electrons. The molecule has 1 rings (SSSR count). The lowest BCUT2D eigenvalue weighted by atomic mass is 10.2. The summed E-state index contributed by atoms with van der Waals surface area (Å²) in [4.78, 5) is 14.5. The highest BCUT2D eigenvalue weighted by molar-refractivity contribution is 9.10. The van der Waals surface area contributed by atoms with Gasteiger partial charge in [-0.3, -0.25) is 4.79 Å². The minimum absolute atomic E-state index is 0.321. The Bertz CT molecular complexity index is 401. The predicted molar refractivity (Wildman–Crippen MR) is 58.5 cm³/mol. The third-order valence-electron chi connectivity index (χ3n) is 1.31. The number of nitrogens with zero attached hydrogens (tertiary/aromatic N) is 1. The Morgan fingerprint density at radius 3 is 2.85 bits per heavy atom. The first-order chi connectivity index (χ1) is 6.15. The molecule has 0 spiro atoms. The van der Waals surface area contributed by atoms with Crippen molar-refractivity contribution >= 4 is 50.8 Å². The van der Waals surface area contributed by atoms with Crippen LogP contribution >= 0.6 is 39.7 Å². The second-order valence-corrected chi connectivity index (χ2v) is 3.64. The van der Waals surface area contributed by atoms with Crippen LogP contribution in [0.4, 0.5) is 0 Å². The Hall–Kier alpha value is -0.540. The van der Waals surface area contributed by atoms with Gasteiger partial charge in [0.1, 0.15) is 0 Å². The fourth-order valence-electron chi connectivity index (χ4n) is 0.765. The van der Waals surface area contributed by atoms with Crippen molar-refractivity contribution in [2.75, 3.05) is 0 Å². The number of carbonyl (C=O) groups is 1. The van der Waals surface area contributed by atoms with Crippen molar-refractivity contribution in [1.29, 1.82) is 0 Å². The molecule has 0 aliphatic rings. The van der Waals surface area contributed by atoms with Gasteiger partial charge < -0.3 is 0 Å². The highest BCUT2D eigenvalue weighted by Gasteiger charge is 2.08. The molecule has 0 heterocycles. The fraction of sp³-hybridized carbons (Fsp3) is 0. The molecule has 0 aromatic heterocycles. The van der Waals surface area contributed by atoms with Crippen molar-refractivity contribution < 1.29 is 4.79 Å². The van der Waals surface area contributed by atoms with Crippen LogP contribution in [-0.2, 0) is 0 Å². The molecule has 0 bridgehead atoms. The number of hydrogen-bond acceptors (Lipinski definition) is 2. The average molecular weight is 277 g/mol. The second-order valence-electron chi connectivity index (χ2n) is 2.13. The van der Waals surface area contributed by atoms with E-state index < -0.39 is 5.91 Å². The van der Waals surface area contributed by atoms with Gasteiger partial charge >= 0.3 is 0 Å². The van der Waals surface area contributed by atoms with Gasteiger partial charge in [0.2, 0.25) is 0 Å². The largest absolute Gasteiger partial charge is 0.287 e. The normalized spacial score (nSPS) is 9.08. The first kappa shape index (κ1) is 10.5. The highest BCUT2D eigenvalue weighted by Crippen LogP contribution is 2.21. The van der Waals surface area contributed by atoms with Crippen LogP contribution in [-0.4, -0.2) is 11.1 Å². The van der Waals surface area contributed by atoms with Crippen LogP contribution in [0.1, 0.15) is 10.4 Å². The summed E-state index contributed by atoms with van der Waals surface area (Å²) in [6, 6.07) is 4.90. The standard InChI is InChI=1S/C8H3BrClNOS/c9-5-1-2-6(7(10)3-5)8(12)11-4-13/h1-3H. The molecular weight excluding hydrogens is 274 g/mol. The Morgan fingerprint density at radius 2 is 2.31 bits per heavy atom. The molecule has 1 aromatic rings. The first-order valence-corrected chi connectivity index (χ1v) is 4.80. The number of rotatable bonds is 1. The Kier molecular flexibility index (Phi) is 3.75. The van der Waals surface area contributed by atoms with Crippen molar-refractivity contribution in [3.8, 4) is 0 Å². The molecule has 13 heavy (non-hydrogen) atoms. The van der Waals surface area contributed by atoms with Crippen molar-refractivity contribution in [2.45, 2.75) is 0 Å². The molecule has 0 aliphatic heterocycles. The summed E-state index contributed by atoms with van der Waals surface area (Å²) in [7, 11) is 0. The van der Waals surface area contributed by atoms with Gasteiger partial charge in [-0.1, -0.05) is 27.5 Å². The minimum atomic E-state index is -0.479. The molecule has 0 atom stereocenters. The van der Waals surface area contributed by atoms with E-state index in [2.05, 4.69) is 33.1 Å². The van der Waals surface area contributed by atoms with E-state index >= 15 is 0 Å². The summed E-state index contributed by atoms with van der Waals surface area (Å²) < 4.78 is 0.806. The lowest BCUT2D eigenvalue weighted by Crippen LogP contribution is -1.94. The van der Waals surface area contributed by atoms with E-state index in [0.29, 0.717) is 10.6 Å². The molecule has 0 N–H and O–H groups in total. The molecule has 0 aliphatic carbocycles. The zero-order chi connectivity index (χ0) is 9.84. The first-order valence-electron chi connectivity index (χ1n) is 3.22. The van der Waals surface area contributed by atoms with Crippen LogP contribution in [0.3, 0.4) is 0 Å². The van der Waals surface area contributed by atoms with E-state index in [-0.39, 0.29) is 0 Å². The smallest absolute Gasteiger partial charge is 0.266 e. The van der Waals surface area contributed by atoms with Gasteiger partial charge in [0.15, 0.2) is 0 Å². The SMILES string of the molecule is O=C(N=C=S)c1ccc(Br)cc1Cl. The summed E-state index contributed by atoms with van der Waals surface area (Å²) in [5.74, 6) is -0.479. The lowest BCUT2D eigenvalue weighted by Gasteiger charge is -1.98. The third kappa shape index (κ3) is 2.71. The maximum Gasteiger partial charge on any atom is 0.287 e. The molecule has 0 fully saturated rings. The topological polar surface area (TPSA) is 29.4 Å². The van der Waals surface area contributed by atoms with E-state index in [1.807, 2.05) is 5.16 Å². The van der Waals surface area contributed by atoms with Gasteiger partial charge in [0, 0.05) is 4.47 Å². The van der Waals surface area contributed by atoms with Crippen molar-refractivity contribution in [1.82, 2.24) is 0 Å². The minimum Gasteiger partial charge on any atom is -0.266 e. The van der Waals surface area contributed by atoms with E-state index in [4.69, 9.17) is 11.6 Å². The summed E-state index contributed by atoms with van der Waals surface area (Å²) in [6.45, 7) is 0. The lowest BCUT2D eigenvalue weighted by molar-refractivity contribution is 0.100. The Balaban J connectivity index is 3.16. The number of hydrogen-bond donors (Lipinski definition) is 0. The monoisotopic (exact) mass is 275 g/mol. The average Bonchev–Trinajstić information content (AvgIpc) is 2.04. The fourth-order valence-corrected chi connectivity index (χ4v) is 1.60. The highest BCUT2D eigenvalue weighted by atomic mass is 79.9. The maximum absolute atomic E-state index is 11.2. The zero-order valence-electron chi connectivity index (χ0n) is 6.25. The number of aliphatic imine (C=N–C) groups is 1. The Morgan fingerprint density at radius 1 is 1.62 bits per heavy atom. The number of amides is 1. The Labute approximate surface area is 93.7 Å². The summed E-state index contributed by atoms with van der Waals surface area (Å²) >= 11 is 13.3. The number of benzene rings is 1. The van der Waals surface area contributed by atoms with E-state index in [0.717, 1.165) is 4.47 Å². The van der Waals surface area contributed by atoms with Crippen molar-refractivity contribution in [3.63, 3.8) is 0 Å². The molecule has 0 unspecified atom stereocenters. The van der Waals surface area contributed by atoms with E-state index in [9.17, 15) is 4.79 Å². The van der Waals surface area contributed by atoms with Crippen LogP contribution in [0, 0.1) is 0 Å². The van der Waals surface area contributed by atoms with Gasteiger partial charge in [0.05, 0.1) is 15.7 Å². The molecule has 1 aromatic carbocycles. The number of isothiocyanates is 1. The van der Waals surface area contributed by atoms with Crippen LogP contribution in [0.15, 0.2) is 27.7 Å². The van der Waals surface area contributed by atoms with Crippen LogP contribution in [0.25, 0.3) is 0 Å². The zero-order valence-corrected chi connectivity index (χ0v) is 9.41. The van der Waals surface area contributed by atoms with Gasteiger partial charge in [-0.25, -0.2) is 0 Å².